The number of alkyl halides is 3. The van der Waals surface area contributed by atoms with Gasteiger partial charge >= 0.3 is 12.2 Å². The predicted octanol–water partition coefficient (Wildman–Crippen LogP) is 4.26. The average molecular weight is 387 g/mol. The molecule has 0 atom stereocenters. The summed E-state index contributed by atoms with van der Waals surface area (Å²) in [4.78, 5) is 18.6. The van der Waals surface area contributed by atoms with Crippen LogP contribution >= 0.6 is 22.7 Å². The lowest BCUT2D eigenvalue weighted by Crippen LogP contribution is -2.42. The van der Waals surface area contributed by atoms with Crippen LogP contribution in [0.25, 0.3) is 5.57 Å². The molecule has 134 valence electrons. The van der Waals surface area contributed by atoms with Crippen LogP contribution in [0, 0.1) is 0 Å². The highest BCUT2D eigenvalue weighted by molar-refractivity contribution is 7.11. The highest BCUT2D eigenvalue weighted by Crippen LogP contribution is 2.30. The third kappa shape index (κ3) is 4.60. The standard InChI is InChI=1S/C16H16F3N3OS2/c17-16(18,19)13-10-25-14(21-13)3-6-20-15(23)22-7-4-11(5-8-22)12-2-1-9-24-12/h1-2,4,9-10H,3,5-8H2,(H,20,23). The van der Waals surface area contributed by atoms with Gasteiger partial charge in [-0.25, -0.2) is 9.78 Å². The van der Waals surface area contributed by atoms with E-state index in [2.05, 4.69) is 16.4 Å². The fourth-order valence-corrected chi connectivity index (χ4v) is 4.09. The number of thiazole rings is 1. The second-order valence-electron chi connectivity index (χ2n) is 5.51. The van der Waals surface area contributed by atoms with E-state index in [9.17, 15) is 18.0 Å². The SMILES string of the molecule is O=C(NCCc1nc(C(F)(F)F)cs1)N1CC=C(c2cccs2)CC1. The molecule has 2 aromatic heterocycles. The van der Waals surface area contributed by atoms with Gasteiger partial charge in [0.25, 0.3) is 0 Å². The summed E-state index contributed by atoms with van der Waals surface area (Å²) in [6.07, 6.45) is -1.28. The summed E-state index contributed by atoms with van der Waals surface area (Å²) in [5, 5.41) is 6.14. The molecule has 3 heterocycles. The molecule has 3 rings (SSSR count). The quantitative estimate of drug-likeness (QED) is 0.852. The van der Waals surface area contributed by atoms with Gasteiger partial charge in [-0.05, 0) is 23.4 Å². The van der Waals surface area contributed by atoms with Crippen molar-refractivity contribution in [1.29, 1.82) is 0 Å². The van der Waals surface area contributed by atoms with Gasteiger partial charge in [0, 0.05) is 36.3 Å². The van der Waals surface area contributed by atoms with Crippen LogP contribution in [0.1, 0.15) is 22.0 Å². The van der Waals surface area contributed by atoms with Crippen molar-refractivity contribution in [2.75, 3.05) is 19.6 Å². The van der Waals surface area contributed by atoms with E-state index in [0.29, 0.717) is 18.1 Å². The van der Waals surface area contributed by atoms with Crippen molar-refractivity contribution in [3.8, 4) is 0 Å². The summed E-state index contributed by atoms with van der Waals surface area (Å²) in [6, 6.07) is 3.87. The summed E-state index contributed by atoms with van der Waals surface area (Å²) in [6.45, 7) is 1.43. The molecule has 0 saturated carbocycles. The van der Waals surface area contributed by atoms with E-state index in [1.54, 1.807) is 16.2 Å². The summed E-state index contributed by atoms with van der Waals surface area (Å²) in [5.41, 5.74) is 0.377. The molecule has 0 unspecified atom stereocenters. The first-order chi connectivity index (χ1) is 11.9. The Bertz CT molecular complexity index is 753. The average Bonchev–Trinajstić information content (AvgIpc) is 3.26. The topological polar surface area (TPSA) is 45.2 Å². The fourth-order valence-electron chi connectivity index (χ4n) is 2.48. The number of hydrogen-bond donors (Lipinski definition) is 1. The van der Waals surface area contributed by atoms with Crippen molar-refractivity contribution in [2.45, 2.75) is 19.0 Å². The molecule has 0 fully saturated rings. The summed E-state index contributed by atoms with van der Waals surface area (Å²) in [7, 11) is 0. The molecular weight excluding hydrogens is 371 g/mol. The minimum atomic E-state index is -4.42. The van der Waals surface area contributed by atoms with Crippen LogP contribution in [-0.2, 0) is 12.6 Å². The van der Waals surface area contributed by atoms with Crippen molar-refractivity contribution in [2.24, 2.45) is 0 Å². The first-order valence-electron chi connectivity index (χ1n) is 7.71. The molecule has 0 radical (unpaired) electrons. The summed E-state index contributed by atoms with van der Waals surface area (Å²) >= 11 is 2.64. The maximum Gasteiger partial charge on any atom is 0.434 e. The second kappa shape index (κ2) is 7.57. The molecule has 0 aliphatic carbocycles. The van der Waals surface area contributed by atoms with E-state index < -0.39 is 11.9 Å². The normalized spacial score (nSPS) is 15.2. The van der Waals surface area contributed by atoms with Gasteiger partial charge in [-0.3, -0.25) is 0 Å². The Morgan fingerprint density at radius 1 is 1.36 bits per heavy atom. The van der Waals surface area contributed by atoms with Crippen molar-refractivity contribution < 1.29 is 18.0 Å². The maximum absolute atomic E-state index is 12.5. The molecule has 1 N–H and O–H groups in total. The molecule has 0 aromatic carbocycles. The molecule has 0 saturated heterocycles. The van der Waals surface area contributed by atoms with Crippen molar-refractivity contribution in [1.82, 2.24) is 15.2 Å². The molecule has 0 spiro atoms. The Labute approximate surface area is 151 Å². The molecule has 0 bridgehead atoms. The maximum atomic E-state index is 12.5. The zero-order valence-corrected chi connectivity index (χ0v) is 14.8. The molecule has 2 amide bonds. The van der Waals surface area contributed by atoms with Crippen molar-refractivity contribution in [3.63, 3.8) is 0 Å². The number of carbonyl (C=O) groups excluding carboxylic acids is 1. The molecule has 9 heteroatoms. The molecule has 1 aliphatic heterocycles. The van der Waals surface area contributed by atoms with E-state index in [1.165, 1.54) is 10.5 Å². The Morgan fingerprint density at radius 3 is 2.80 bits per heavy atom. The first-order valence-corrected chi connectivity index (χ1v) is 9.46. The van der Waals surface area contributed by atoms with Gasteiger partial charge in [-0.2, -0.15) is 13.2 Å². The number of hydrogen-bond acceptors (Lipinski definition) is 4. The second-order valence-corrected chi connectivity index (χ2v) is 7.40. The van der Waals surface area contributed by atoms with E-state index >= 15 is 0 Å². The number of amides is 2. The van der Waals surface area contributed by atoms with Crippen LogP contribution in [0.2, 0.25) is 0 Å². The monoisotopic (exact) mass is 387 g/mol. The van der Waals surface area contributed by atoms with Gasteiger partial charge in [-0.1, -0.05) is 12.1 Å². The zero-order valence-electron chi connectivity index (χ0n) is 13.2. The fraction of sp³-hybridized carbons (Fsp3) is 0.375. The number of halogens is 3. The number of urea groups is 1. The minimum absolute atomic E-state index is 0.200. The first kappa shape index (κ1) is 17.9. The number of rotatable bonds is 4. The smallest absolute Gasteiger partial charge is 0.338 e. The van der Waals surface area contributed by atoms with Crippen LogP contribution < -0.4 is 5.32 Å². The third-order valence-electron chi connectivity index (χ3n) is 3.79. The van der Waals surface area contributed by atoms with Gasteiger partial charge in [0.15, 0.2) is 5.69 Å². The van der Waals surface area contributed by atoms with Gasteiger partial charge in [0.1, 0.15) is 0 Å². The Morgan fingerprint density at radius 2 is 2.20 bits per heavy atom. The van der Waals surface area contributed by atoms with Crippen molar-refractivity contribution >= 4 is 34.3 Å². The van der Waals surface area contributed by atoms with Crippen LogP contribution in [0.3, 0.4) is 0 Å². The lowest BCUT2D eigenvalue weighted by molar-refractivity contribution is -0.140. The van der Waals surface area contributed by atoms with E-state index in [-0.39, 0.29) is 19.0 Å². The number of nitrogens with zero attached hydrogens (tertiary/aromatic N) is 2. The molecule has 4 nitrogen and oxygen atoms in total. The van der Waals surface area contributed by atoms with Crippen LogP contribution in [-0.4, -0.2) is 35.5 Å². The number of aromatic nitrogens is 1. The lowest BCUT2D eigenvalue weighted by Gasteiger charge is -2.26. The zero-order chi connectivity index (χ0) is 17.9. The summed E-state index contributed by atoms with van der Waals surface area (Å²) in [5.74, 6) is 0. The van der Waals surface area contributed by atoms with Crippen LogP contribution in [0.15, 0.2) is 29.0 Å². The molecule has 1 aliphatic rings. The highest BCUT2D eigenvalue weighted by atomic mass is 32.1. The molecular formula is C16H16F3N3OS2. The summed E-state index contributed by atoms with van der Waals surface area (Å²) < 4.78 is 37.5. The van der Waals surface area contributed by atoms with E-state index in [0.717, 1.165) is 23.1 Å². The third-order valence-corrected chi connectivity index (χ3v) is 5.65. The lowest BCUT2D eigenvalue weighted by atomic mass is 10.1. The minimum Gasteiger partial charge on any atom is -0.338 e. The Hall–Kier alpha value is -1.87. The van der Waals surface area contributed by atoms with E-state index in [4.69, 9.17) is 0 Å². The molecule has 25 heavy (non-hydrogen) atoms. The van der Waals surface area contributed by atoms with Crippen molar-refractivity contribution in [3.05, 3.63) is 44.5 Å². The number of nitrogens with one attached hydrogen (secondary N) is 1. The number of thiophene rings is 1. The van der Waals surface area contributed by atoms with Crippen LogP contribution in [0.5, 0.6) is 0 Å². The highest BCUT2D eigenvalue weighted by Gasteiger charge is 2.33. The number of carbonyl (C=O) groups is 1. The van der Waals surface area contributed by atoms with Gasteiger partial charge < -0.3 is 10.2 Å². The largest absolute Gasteiger partial charge is 0.434 e. The Kier molecular flexibility index (Phi) is 5.43. The van der Waals surface area contributed by atoms with E-state index in [1.807, 2.05) is 17.5 Å². The van der Waals surface area contributed by atoms with Gasteiger partial charge in [0.05, 0.1) is 5.01 Å². The molecule has 2 aromatic rings. The van der Waals surface area contributed by atoms with Crippen LogP contribution in [0.4, 0.5) is 18.0 Å². The predicted molar refractivity (Wildman–Crippen MR) is 92.7 cm³/mol. The Balaban J connectivity index is 1.45. The van der Waals surface area contributed by atoms with Gasteiger partial charge in [0.2, 0.25) is 0 Å². The van der Waals surface area contributed by atoms with Gasteiger partial charge in [-0.15, -0.1) is 22.7 Å².